The molecule has 1 aliphatic rings. The lowest BCUT2D eigenvalue weighted by molar-refractivity contribution is 0.674. The highest BCUT2D eigenvalue weighted by atomic mass is 32.1. The van der Waals surface area contributed by atoms with Crippen molar-refractivity contribution in [3.63, 3.8) is 0 Å². The fourth-order valence-electron chi connectivity index (χ4n) is 6.48. The maximum atomic E-state index is 9.33. The molecular weight excluding hydrogens is 583 g/mol. The number of hydrogen-bond acceptors (Lipinski definition) is 5. The van der Waals surface area contributed by atoms with Gasteiger partial charge in [0.25, 0.3) is 0 Å². The van der Waals surface area contributed by atoms with E-state index < -0.39 is 0 Å². The zero-order valence-corrected chi connectivity index (χ0v) is 25.4. The van der Waals surface area contributed by atoms with Gasteiger partial charge in [-0.3, -0.25) is 0 Å². The van der Waals surface area contributed by atoms with E-state index in [1.165, 1.54) is 36.5 Å². The number of aliphatic imine (C=N–C) groups is 2. The van der Waals surface area contributed by atoms with Crippen molar-refractivity contribution in [2.45, 2.75) is 6.17 Å². The lowest BCUT2D eigenvalue weighted by atomic mass is 10.1. The number of nitrogens with one attached hydrogen (secondary N) is 1. The molecule has 0 amide bonds. The van der Waals surface area contributed by atoms with Gasteiger partial charge in [0.15, 0.2) is 5.84 Å². The Bertz CT molecular complexity index is 2570. The quantitative estimate of drug-likeness (QED) is 0.217. The lowest BCUT2D eigenvalue weighted by Gasteiger charge is -2.24. The van der Waals surface area contributed by atoms with E-state index in [-0.39, 0.29) is 6.17 Å². The first-order valence-corrected chi connectivity index (χ1v) is 16.0. The minimum absolute atomic E-state index is 0.309. The smallest absolute Gasteiger partial charge is 0.159 e. The Hall–Kier alpha value is -6.03. The highest BCUT2D eigenvalue weighted by Crippen LogP contribution is 2.40. The van der Waals surface area contributed by atoms with Crippen molar-refractivity contribution in [3.05, 3.63) is 162 Å². The number of rotatable bonds is 4. The first kappa shape index (κ1) is 26.4. The van der Waals surface area contributed by atoms with E-state index in [1.807, 2.05) is 53.8 Å². The highest BCUT2D eigenvalue weighted by molar-refractivity contribution is 7.25. The number of benzene rings is 6. The molecule has 0 aliphatic carbocycles. The Morgan fingerprint density at radius 2 is 1.41 bits per heavy atom. The first-order valence-electron chi connectivity index (χ1n) is 15.2. The molecule has 1 aliphatic heterocycles. The van der Waals surface area contributed by atoms with Crippen LogP contribution in [0, 0.1) is 11.3 Å². The Balaban J connectivity index is 1.22. The molecule has 6 aromatic carbocycles. The van der Waals surface area contributed by atoms with Crippen LogP contribution in [0.3, 0.4) is 0 Å². The number of nitrogens with zero attached hydrogens (tertiary/aromatic N) is 4. The van der Waals surface area contributed by atoms with Crippen LogP contribution in [-0.4, -0.2) is 16.2 Å². The minimum Gasteiger partial charge on any atom is -0.344 e. The maximum Gasteiger partial charge on any atom is 0.159 e. The summed E-state index contributed by atoms with van der Waals surface area (Å²) in [5.41, 5.74) is 6.88. The van der Waals surface area contributed by atoms with Gasteiger partial charge in [-0.1, -0.05) is 78.9 Å². The molecule has 216 valence electrons. The topological polar surface area (TPSA) is 65.5 Å². The molecule has 9 rings (SSSR count). The van der Waals surface area contributed by atoms with Gasteiger partial charge >= 0.3 is 0 Å². The van der Waals surface area contributed by atoms with Gasteiger partial charge in [-0.25, -0.2) is 9.98 Å². The summed E-state index contributed by atoms with van der Waals surface area (Å²) in [7, 11) is 0. The van der Waals surface area contributed by atoms with Crippen LogP contribution in [0.1, 0.15) is 28.4 Å². The molecule has 0 fully saturated rings. The van der Waals surface area contributed by atoms with Gasteiger partial charge in [-0.05, 0) is 66.2 Å². The molecule has 46 heavy (non-hydrogen) atoms. The Morgan fingerprint density at radius 1 is 0.630 bits per heavy atom. The second-order valence-electron chi connectivity index (χ2n) is 11.4. The molecule has 0 saturated carbocycles. The summed E-state index contributed by atoms with van der Waals surface area (Å²) in [5.74, 6) is 1.37. The van der Waals surface area contributed by atoms with Crippen LogP contribution in [0.2, 0.25) is 0 Å². The van der Waals surface area contributed by atoms with Crippen LogP contribution in [0.25, 0.3) is 47.7 Å². The van der Waals surface area contributed by atoms with Gasteiger partial charge in [0, 0.05) is 47.8 Å². The van der Waals surface area contributed by atoms with E-state index in [4.69, 9.17) is 9.98 Å². The van der Waals surface area contributed by atoms with E-state index in [0.29, 0.717) is 11.4 Å². The number of hydrogen-bond donors (Lipinski definition) is 1. The lowest BCUT2D eigenvalue weighted by Crippen LogP contribution is -2.33. The molecule has 0 bridgehead atoms. The van der Waals surface area contributed by atoms with Crippen molar-refractivity contribution in [2.75, 3.05) is 0 Å². The second kappa shape index (κ2) is 10.6. The van der Waals surface area contributed by atoms with Crippen molar-refractivity contribution in [2.24, 2.45) is 9.98 Å². The number of nitriles is 1. The molecule has 1 unspecified atom stereocenters. The molecule has 3 heterocycles. The van der Waals surface area contributed by atoms with Crippen LogP contribution in [0.15, 0.2) is 150 Å². The Morgan fingerprint density at radius 3 is 2.26 bits per heavy atom. The summed E-state index contributed by atoms with van der Waals surface area (Å²) in [6, 6.07) is 50.4. The Labute approximate surface area is 269 Å². The van der Waals surface area contributed by atoms with Gasteiger partial charge in [-0.15, -0.1) is 11.3 Å². The van der Waals surface area contributed by atoms with Crippen LogP contribution in [0.4, 0.5) is 0 Å². The van der Waals surface area contributed by atoms with Crippen molar-refractivity contribution < 1.29 is 0 Å². The molecule has 0 spiro atoms. The SMILES string of the molecule is N#Cc1ccc(C2=NC(c3ccccc3)NC(c3cccc(-n4c5ccccc5c5cc6sc7ccccc7c6cc54)c3)=N2)cc1. The van der Waals surface area contributed by atoms with E-state index >= 15 is 0 Å². The summed E-state index contributed by atoms with van der Waals surface area (Å²) < 4.78 is 4.97. The predicted octanol–water partition coefficient (Wildman–Crippen LogP) is 9.52. The van der Waals surface area contributed by atoms with Crippen LogP contribution >= 0.6 is 11.3 Å². The second-order valence-corrected chi connectivity index (χ2v) is 12.5. The number of amidine groups is 2. The molecule has 2 aromatic heterocycles. The standard InChI is InChI=1S/C40H25N5S/c41-24-25-17-19-27(20-18-25)39-42-38(26-9-2-1-3-10-26)43-40(44-39)28-11-8-12-29(21-28)45-34-15-6-4-13-30(34)32-23-37-33(22-35(32)45)31-14-5-7-16-36(31)46-37/h1-23,38H,(H,42,43,44). The average molecular weight is 608 g/mol. The molecule has 8 aromatic rings. The predicted molar refractivity (Wildman–Crippen MR) is 190 cm³/mol. The molecular formula is C40H25N5S. The summed E-state index contributed by atoms with van der Waals surface area (Å²) in [6.45, 7) is 0. The van der Waals surface area contributed by atoms with Gasteiger partial charge in [0.1, 0.15) is 12.0 Å². The monoisotopic (exact) mass is 607 g/mol. The Kier molecular flexibility index (Phi) is 6.05. The minimum atomic E-state index is -0.309. The van der Waals surface area contributed by atoms with E-state index in [2.05, 4.69) is 113 Å². The van der Waals surface area contributed by atoms with Gasteiger partial charge in [0.2, 0.25) is 0 Å². The molecule has 6 heteroatoms. The number of para-hydroxylation sites is 1. The van der Waals surface area contributed by atoms with Crippen molar-refractivity contribution in [1.82, 2.24) is 9.88 Å². The summed E-state index contributed by atoms with van der Waals surface area (Å²) in [4.78, 5) is 10.0. The van der Waals surface area contributed by atoms with Gasteiger partial charge < -0.3 is 9.88 Å². The summed E-state index contributed by atoms with van der Waals surface area (Å²) >= 11 is 1.85. The molecule has 1 atom stereocenters. The third kappa shape index (κ3) is 4.29. The third-order valence-corrected chi connectivity index (χ3v) is 9.81. The molecule has 5 nitrogen and oxygen atoms in total. The normalized spacial score (nSPS) is 14.7. The fraction of sp³-hybridized carbons (Fsp3) is 0.0250. The van der Waals surface area contributed by atoms with Crippen molar-refractivity contribution in [3.8, 4) is 11.8 Å². The number of fused-ring (bicyclic) bond motifs is 6. The fourth-order valence-corrected chi connectivity index (χ4v) is 7.61. The maximum absolute atomic E-state index is 9.33. The molecule has 1 N–H and O–H groups in total. The van der Waals surface area contributed by atoms with Gasteiger partial charge in [-0.2, -0.15) is 5.26 Å². The summed E-state index contributed by atoms with van der Waals surface area (Å²) in [5, 5.41) is 18.0. The first-order chi connectivity index (χ1) is 22.7. The number of aromatic nitrogens is 1. The third-order valence-electron chi connectivity index (χ3n) is 8.68. The van der Waals surface area contributed by atoms with E-state index in [1.54, 1.807) is 0 Å². The van der Waals surface area contributed by atoms with Crippen molar-refractivity contribution >= 4 is 65.0 Å². The zero-order valence-electron chi connectivity index (χ0n) is 24.6. The van der Waals surface area contributed by atoms with E-state index in [0.717, 1.165) is 33.7 Å². The van der Waals surface area contributed by atoms with Crippen LogP contribution in [0.5, 0.6) is 0 Å². The zero-order chi connectivity index (χ0) is 30.6. The molecule has 0 radical (unpaired) electrons. The molecule has 0 saturated heterocycles. The van der Waals surface area contributed by atoms with Gasteiger partial charge in [0.05, 0.1) is 22.7 Å². The van der Waals surface area contributed by atoms with Crippen molar-refractivity contribution in [1.29, 1.82) is 5.26 Å². The van der Waals surface area contributed by atoms with Crippen LogP contribution < -0.4 is 5.32 Å². The van der Waals surface area contributed by atoms with Crippen LogP contribution in [-0.2, 0) is 0 Å². The number of thiophene rings is 1. The highest BCUT2D eigenvalue weighted by Gasteiger charge is 2.22. The largest absolute Gasteiger partial charge is 0.344 e. The average Bonchev–Trinajstić information content (AvgIpc) is 3.65. The van der Waals surface area contributed by atoms with E-state index in [9.17, 15) is 5.26 Å². The summed E-state index contributed by atoms with van der Waals surface area (Å²) in [6.07, 6.45) is -0.309.